The van der Waals surface area contributed by atoms with E-state index in [1.165, 1.54) is 10.9 Å². The number of aryl methyl sites for hydroxylation is 1. The predicted molar refractivity (Wildman–Crippen MR) is 50.4 cm³/mol. The lowest BCUT2D eigenvalue weighted by molar-refractivity contribution is -0.141. The lowest BCUT2D eigenvalue weighted by Crippen LogP contribution is -2.23. The summed E-state index contributed by atoms with van der Waals surface area (Å²) in [5, 5.41) is 6.46. The van der Waals surface area contributed by atoms with E-state index in [0.29, 0.717) is 6.54 Å². The van der Waals surface area contributed by atoms with Gasteiger partial charge in [0.15, 0.2) is 5.69 Å². The van der Waals surface area contributed by atoms with Crippen molar-refractivity contribution in [2.75, 3.05) is 7.05 Å². The van der Waals surface area contributed by atoms with Crippen LogP contribution in [-0.2, 0) is 12.7 Å². The fourth-order valence-electron chi connectivity index (χ4n) is 1.11. The zero-order valence-corrected chi connectivity index (χ0v) is 8.67. The van der Waals surface area contributed by atoms with E-state index >= 15 is 0 Å². The molecular formula is C9H14F3N3. The molecule has 0 saturated heterocycles. The Hall–Kier alpha value is -1.04. The summed E-state index contributed by atoms with van der Waals surface area (Å²) in [6, 6.07) is 1.26. The molecule has 1 atom stereocenters. The van der Waals surface area contributed by atoms with Crippen molar-refractivity contribution >= 4 is 0 Å². The van der Waals surface area contributed by atoms with Gasteiger partial charge in [-0.3, -0.25) is 4.68 Å². The van der Waals surface area contributed by atoms with E-state index in [0.717, 1.165) is 12.5 Å². The van der Waals surface area contributed by atoms with Gasteiger partial charge in [-0.1, -0.05) is 0 Å². The molecule has 1 rings (SSSR count). The largest absolute Gasteiger partial charge is 0.435 e. The Morgan fingerprint density at radius 2 is 2.20 bits per heavy atom. The van der Waals surface area contributed by atoms with Crippen molar-refractivity contribution in [1.29, 1.82) is 0 Å². The number of halogens is 3. The first-order chi connectivity index (χ1) is 6.93. The van der Waals surface area contributed by atoms with Crippen LogP contribution in [0.2, 0.25) is 0 Å². The smallest absolute Gasteiger partial charge is 0.317 e. The molecule has 0 aliphatic rings. The van der Waals surface area contributed by atoms with Crippen molar-refractivity contribution in [1.82, 2.24) is 15.1 Å². The van der Waals surface area contributed by atoms with Crippen molar-refractivity contribution < 1.29 is 13.2 Å². The van der Waals surface area contributed by atoms with E-state index in [-0.39, 0.29) is 6.04 Å². The van der Waals surface area contributed by atoms with Crippen molar-refractivity contribution in [2.45, 2.75) is 32.1 Å². The highest BCUT2D eigenvalue weighted by atomic mass is 19.4. The fraction of sp³-hybridized carbons (Fsp3) is 0.667. The quantitative estimate of drug-likeness (QED) is 0.841. The van der Waals surface area contributed by atoms with Crippen molar-refractivity contribution in [3.05, 3.63) is 18.0 Å². The highest BCUT2D eigenvalue weighted by molar-refractivity contribution is 5.03. The molecule has 15 heavy (non-hydrogen) atoms. The molecule has 0 spiro atoms. The Kier molecular flexibility index (Phi) is 3.73. The van der Waals surface area contributed by atoms with E-state index in [1.54, 1.807) is 0 Å². The molecule has 1 aromatic rings. The summed E-state index contributed by atoms with van der Waals surface area (Å²) in [6.45, 7) is 2.45. The van der Waals surface area contributed by atoms with Gasteiger partial charge in [0.2, 0.25) is 0 Å². The maximum absolute atomic E-state index is 12.2. The van der Waals surface area contributed by atoms with E-state index in [2.05, 4.69) is 10.4 Å². The van der Waals surface area contributed by atoms with Crippen molar-refractivity contribution in [3.8, 4) is 0 Å². The molecule has 86 valence electrons. The molecule has 0 fully saturated rings. The zero-order chi connectivity index (χ0) is 11.5. The molecule has 0 bridgehead atoms. The second kappa shape index (κ2) is 4.65. The molecule has 1 N–H and O–H groups in total. The first-order valence-corrected chi connectivity index (χ1v) is 4.71. The average molecular weight is 221 g/mol. The number of nitrogens with one attached hydrogen (secondary N) is 1. The topological polar surface area (TPSA) is 29.9 Å². The summed E-state index contributed by atoms with van der Waals surface area (Å²) in [6.07, 6.45) is -2.25. The molecule has 0 aliphatic carbocycles. The number of rotatable bonds is 4. The second-order valence-electron chi connectivity index (χ2n) is 3.44. The van der Waals surface area contributed by atoms with Crippen LogP contribution in [0, 0.1) is 0 Å². The second-order valence-corrected chi connectivity index (χ2v) is 3.44. The summed E-state index contributed by atoms with van der Waals surface area (Å²) in [7, 11) is 1.81. The van der Waals surface area contributed by atoms with Crippen LogP contribution in [0.3, 0.4) is 0 Å². The van der Waals surface area contributed by atoms with Crippen LogP contribution in [-0.4, -0.2) is 22.9 Å². The van der Waals surface area contributed by atoms with E-state index in [4.69, 9.17) is 0 Å². The average Bonchev–Trinajstić information content (AvgIpc) is 2.61. The van der Waals surface area contributed by atoms with Crippen LogP contribution in [0.25, 0.3) is 0 Å². The van der Waals surface area contributed by atoms with Crippen LogP contribution in [0.1, 0.15) is 19.0 Å². The number of alkyl halides is 3. The number of hydrogen-bond acceptors (Lipinski definition) is 2. The van der Waals surface area contributed by atoms with E-state index in [9.17, 15) is 13.2 Å². The van der Waals surface area contributed by atoms with Gasteiger partial charge in [-0.2, -0.15) is 18.3 Å². The Morgan fingerprint density at radius 1 is 1.53 bits per heavy atom. The van der Waals surface area contributed by atoms with Gasteiger partial charge in [0.05, 0.1) is 0 Å². The third-order valence-corrected chi connectivity index (χ3v) is 2.22. The third-order valence-electron chi connectivity index (χ3n) is 2.22. The van der Waals surface area contributed by atoms with Gasteiger partial charge in [0.25, 0.3) is 0 Å². The highest BCUT2D eigenvalue weighted by Crippen LogP contribution is 2.27. The first kappa shape index (κ1) is 12.0. The molecule has 0 aromatic carbocycles. The van der Waals surface area contributed by atoms with Gasteiger partial charge in [-0.25, -0.2) is 0 Å². The third kappa shape index (κ3) is 3.54. The van der Waals surface area contributed by atoms with Crippen LogP contribution >= 0.6 is 0 Å². The molecule has 3 nitrogen and oxygen atoms in total. The lowest BCUT2D eigenvalue weighted by atomic mass is 10.2. The number of nitrogens with zero attached hydrogens (tertiary/aromatic N) is 2. The molecule has 0 radical (unpaired) electrons. The minimum atomic E-state index is -4.35. The van der Waals surface area contributed by atoms with Gasteiger partial charge >= 0.3 is 6.18 Å². The molecular weight excluding hydrogens is 207 g/mol. The maximum atomic E-state index is 12.2. The Labute approximate surface area is 86.3 Å². The highest BCUT2D eigenvalue weighted by Gasteiger charge is 2.33. The minimum absolute atomic E-state index is 0.267. The van der Waals surface area contributed by atoms with E-state index < -0.39 is 11.9 Å². The Bertz CT molecular complexity index is 306. The summed E-state index contributed by atoms with van der Waals surface area (Å²) < 4.78 is 37.9. The SMILES string of the molecule is CNC(C)CCn1ccc(C(F)(F)F)n1. The van der Waals surface area contributed by atoms with Gasteiger partial charge in [0.1, 0.15) is 0 Å². The molecule has 0 amide bonds. The van der Waals surface area contributed by atoms with Crippen LogP contribution < -0.4 is 5.32 Å². The first-order valence-electron chi connectivity index (χ1n) is 4.71. The van der Waals surface area contributed by atoms with Crippen LogP contribution in [0.15, 0.2) is 12.3 Å². The molecule has 1 unspecified atom stereocenters. The minimum Gasteiger partial charge on any atom is -0.317 e. The summed E-state index contributed by atoms with van der Waals surface area (Å²) in [5.41, 5.74) is -0.834. The van der Waals surface area contributed by atoms with Crippen LogP contribution in [0.4, 0.5) is 13.2 Å². The summed E-state index contributed by atoms with van der Waals surface area (Å²) in [4.78, 5) is 0. The summed E-state index contributed by atoms with van der Waals surface area (Å²) >= 11 is 0. The lowest BCUT2D eigenvalue weighted by Gasteiger charge is -2.09. The molecule has 1 heterocycles. The number of hydrogen-bond donors (Lipinski definition) is 1. The normalized spacial score (nSPS) is 14.2. The van der Waals surface area contributed by atoms with Crippen molar-refractivity contribution in [3.63, 3.8) is 0 Å². The summed E-state index contributed by atoms with van der Waals surface area (Å²) in [5.74, 6) is 0. The fourth-order valence-corrected chi connectivity index (χ4v) is 1.11. The Balaban J connectivity index is 2.54. The number of aromatic nitrogens is 2. The van der Waals surface area contributed by atoms with Crippen LogP contribution in [0.5, 0.6) is 0 Å². The maximum Gasteiger partial charge on any atom is 0.435 e. The zero-order valence-electron chi connectivity index (χ0n) is 8.67. The molecule has 0 saturated carbocycles. The standard InChI is InChI=1S/C9H14F3N3/c1-7(13-2)3-5-15-6-4-8(14-15)9(10,11)12/h4,6-7,13H,3,5H2,1-2H3. The molecule has 0 aliphatic heterocycles. The van der Waals surface area contributed by atoms with E-state index in [1.807, 2.05) is 14.0 Å². The van der Waals surface area contributed by atoms with Crippen molar-refractivity contribution in [2.24, 2.45) is 0 Å². The van der Waals surface area contributed by atoms with Gasteiger partial charge in [-0.15, -0.1) is 0 Å². The van der Waals surface area contributed by atoms with Gasteiger partial charge in [0, 0.05) is 18.8 Å². The monoisotopic (exact) mass is 221 g/mol. The predicted octanol–water partition coefficient (Wildman–Crippen LogP) is 1.90. The molecule has 6 heteroatoms. The Morgan fingerprint density at radius 3 is 2.67 bits per heavy atom. The van der Waals surface area contributed by atoms with Gasteiger partial charge in [-0.05, 0) is 26.5 Å². The van der Waals surface area contributed by atoms with Gasteiger partial charge < -0.3 is 5.32 Å². The molecule has 1 aromatic heterocycles.